The van der Waals surface area contributed by atoms with Gasteiger partial charge in [0.2, 0.25) is 0 Å². The van der Waals surface area contributed by atoms with E-state index in [4.69, 9.17) is 15.0 Å². The first-order valence-electron chi connectivity index (χ1n) is 8.12. The molecular formula is C21H12I3N3. The van der Waals surface area contributed by atoms with E-state index in [9.17, 15) is 0 Å². The van der Waals surface area contributed by atoms with Crippen molar-refractivity contribution in [1.29, 1.82) is 0 Å². The van der Waals surface area contributed by atoms with Crippen LogP contribution in [0.15, 0.2) is 72.8 Å². The highest BCUT2D eigenvalue weighted by Gasteiger charge is 2.12. The second kappa shape index (κ2) is 8.48. The molecule has 0 aliphatic heterocycles. The Bertz CT molecular complexity index is 975. The molecule has 0 fully saturated rings. The molecule has 0 aliphatic rings. The van der Waals surface area contributed by atoms with Crippen molar-refractivity contribution in [2.75, 3.05) is 0 Å². The average Bonchev–Trinajstić information content (AvgIpc) is 2.68. The minimum atomic E-state index is 0.686. The second-order valence-electron chi connectivity index (χ2n) is 5.84. The fourth-order valence-electron chi connectivity index (χ4n) is 2.65. The molecule has 6 heteroatoms. The van der Waals surface area contributed by atoms with Gasteiger partial charge in [0, 0.05) is 27.4 Å². The lowest BCUT2D eigenvalue weighted by Crippen LogP contribution is -2.00. The van der Waals surface area contributed by atoms with Crippen LogP contribution >= 0.6 is 67.8 Å². The fraction of sp³-hybridized carbons (Fsp3) is 0. The van der Waals surface area contributed by atoms with Gasteiger partial charge in [-0.15, -0.1) is 0 Å². The summed E-state index contributed by atoms with van der Waals surface area (Å²) in [6.07, 6.45) is 0. The molecule has 0 N–H and O–H groups in total. The van der Waals surface area contributed by atoms with E-state index in [1.165, 1.54) is 0 Å². The van der Waals surface area contributed by atoms with Gasteiger partial charge in [-0.25, -0.2) is 15.0 Å². The predicted molar refractivity (Wildman–Crippen MR) is 134 cm³/mol. The van der Waals surface area contributed by atoms with E-state index < -0.39 is 0 Å². The highest BCUT2D eigenvalue weighted by atomic mass is 127. The van der Waals surface area contributed by atoms with Crippen molar-refractivity contribution in [1.82, 2.24) is 15.0 Å². The van der Waals surface area contributed by atoms with E-state index in [1.54, 1.807) is 0 Å². The largest absolute Gasteiger partial charge is 0.208 e. The summed E-state index contributed by atoms with van der Waals surface area (Å²) in [4.78, 5) is 14.3. The standard InChI is InChI=1S/C21H12I3N3/c22-16-7-1-4-13(10-16)19-25-20(14-5-2-8-17(23)11-14)27-21(26-19)15-6-3-9-18(24)12-15/h1-12H. The van der Waals surface area contributed by atoms with Crippen LogP contribution in [0.4, 0.5) is 0 Å². The monoisotopic (exact) mass is 687 g/mol. The molecule has 0 bridgehead atoms. The van der Waals surface area contributed by atoms with Crippen LogP contribution in [0.3, 0.4) is 0 Å². The van der Waals surface area contributed by atoms with Crippen molar-refractivity contribution in [2.45, 2.75) is 0 Å². The van der Waals surface area contributed by atoms with E-state index in [-0.39, 0.29) is 0 Å². The maximum atomic E-state index is 4.77. The Hall–Kier alpha value is -1.14. The normalized spacial score (nSPS) is 10.8. The summed E-state index contributed by atoms with van der Waals surface area (Å²) in [7, 11) is 0. The molecule has 0 unspecified atom stereocenters. The van der Waals surface area contributed by atoms with Crippen molar-refractivity contribution in [3.8, 4) is 34.2 Å². The zero-order valence-electron chi connectivity index (χ0n) is 13.9. The summed E-state index contributed by atoms with van der Waals surface area (Å²) in [5.41, 5.74) is 2.97. The highest BCUT2D eigenvalue weighted by molar-refractivity contribution is 14.1. The molecule has 132 valence electrons. The molecule has 0 radical (unpaired) electrons. The molecule has 4 rings (SSSR count). The van der Waals surface area contributed by atoms with Gasteiger partial charge in [-0.2, -0.15) is 0 Å². The Labute approximate surface area is 198 Å². The summed E-state index contributed by atoms with van der Waals surface area (Å²) in [5, 5.41) is 0. The summed E-state index contributed by atoms with van der Waals surface area (Å²) >= 11 is 6.92. The molecule has 0 atom stereocenters. The number of nitrogens with zero attached hydrogens (tertiary/aromatic N) is 3. The number of halogens is 3. The number of hydrogen-bond acceptors (Lipinski definition) is 3. The molecule has 1 aromatic heterocycles. The summed E-state index contributed by atoms with van der Waals surface area (Å²) in [6, 6.07) is 24.6. The first kappa shape index (κ1) is 19.2. The van der Waals surface area contributed by atoms with Crippen molar-refractivity contribution in [3.05, 3.63) is 83.5 Å². The van der Waals surface area contributed by atoms with Crippen LogP contribution in [-0.2, 0) is 0 Å². The highest BCUT2D eigenvalue weighted by Crippen LogP contribution is 2.26. The van der Waals surface area contributed by atoms with Gasteiger partial charge in [-0.3, -0.25) is 0 Å². The van der Waals surface area contributed by atoms with E-state index in [2.05, 4.69) is 104 Å². The van der Waals surface area contributed by atoms with Gasteiger partial charge in [-0.05, 0) is 104 Å². The van der Waals surface area contributed by atoms with Gasteiger partial charge in [0.1, 0.15) is 0 Å². The molecule has 27 heavy (non-hydrogen) atoms. The van der Waals surface area contributed by atoms with Gasteiger partial charge in [0.25, 0.3) is 0 Å². The van der Waals surface area contributed by atoms with Gasteiger partial charge >= 0.3 is 0 Å². The molecular weight excluding hydrogens is 675 g/mol. The van der Waals surface area contributed by atoms with E-state index in [1.807, 2.05) is 36.4 Å². The molecule has 4 aromatic rings. The Morgan fingerprint density at radius 3 is 1.00 bits per heavy atom. The SMILES string of the molecule is Ic1cccc(-c2nc(-c3cccc(I)c3)nc(-c3cccc(I)c3)n2)c1. The second-order valence-corrected chi connectivity index (χ2v) is 9.57. The molecule has 0 aliphatic carbocycles. The van der Waals surface area contributed by atoms with Gasteiger partial charge in [0.05, 0.1) is 0 Å². The zero-order valence-corrected chi connectivity index (χ0v) is 20.4. The first-order chi connectivity index (χ1) is 13.1. The third-order valence-corrected chi connectivity index (χ3v) is 5.90. The third kappa shape index (κ3) is 4.65. The molecule has 0 amide bonds. The van der Waals surface area contributed by atoms with E-state index in [0.29, 0.717) is 17.5 Å². The Morgan fingerprint density at radius 2 is 0.741 bits per heavy atom. The molecule has 0 saturated carbocycles. The lowest BCUT2D eigenvalue weighted by atomic mass is 10.1. The molecule has 0 spiro atoms. The first-order valence-corrected chi connectivity index (χ1v) is 11.4. The topological polar surface area (TPSA) is 38.7 Å². The van der Waals surface area contributed by atoms with Crippen LogP contribution in [-0.4, -0.2) is 15.0 Å². The quantitative estimate of drug-likeness (QED) is 0.226. The van der Waals surface area contributed by atoms with Crippen molar-refractivity contribution < 1.29 is 0 Å². The summed E-state index contributed by atoms with van der Waals surface area (Å²) < 4.78 is 3.45. The maximum Gasteiger partial charge on any atom is 0.164 e. The van der Waals surface area contributed by atoms with Crippen LogP contribution in [0.1, 0.15) is 0 Å². The van der Waals surface area contributed by atoms with Crippen LogP contribution < -0.4 is 0 Å². The minimum Gasteiger partial charge on any atom is -0.208 e. The number of rotatable bonds is 3. The van der Waals surface area contributed by atoms with Gasteiger partial charge in [0.15, 0.2) is 17.5 Å². The lowest BCUT2D eigenvalue weighted by Gasteiger charge is -2.09. The van der Waals surface area contributed by atoms with Crippen molar-refractivity contribution in [3.63, 3.8) is 0 Å². The summed E-state index contributed by atoms with van der Waals surface area (Å²) in [6.45, 7) is 0. The predicted octanol–water partition coefficient (Wildman–Crippen LogP) is 6.69. The number of aromatic nitrogens is 3. The van der Waals surface area contributed by atoms with Crippen LogP contribution in [0.2, 0.25) is 0 Å². The Morgan fingerprint density at radius 1 is 0.444 bits per heavy atom. The fourth-order valence-corrected chi connectivity index (χ4v) is 4.28. The zero-order chi connectivity index (χ0) is 18.8. The molecule has 1 heterocycles. The Kier molecular flexibility index (Phi) is 6.02. The smallest absolute Gasteiger partial charge is 0.164 e. The van der Waals surface area contributed by atoms with Crippen molar-refractivity contribution in [2.24, 2.45) is 0 Å². The molecule has 3 nitrogen and oxygen atoms in total. The van der Waals surface area contributed by atoms with E-state index in [0.717, 1.165) is 27.4 Å². The average molecular weight is 687 g/mol. The number of hydrogen-bond donors (Lipinski definition) is 0. The molecule has 0 saturated heterocycles. The van der Waals surface area contributed by atoms with Crippen LogP contribution in [0.5, 0.6) is 0 Å². The Balaban J connectivity index is 1.94. The summed E-state index contributed by atoms with van der Waals surface area (Å²) in [5.74, 6) is 2.06. The minimum absolute atomic E-state index is 0.686. The van der Waals surface area contributed by atoms with Crippen molar-refractivity contribution >= 4 is 67.8 Å². The maximum absolute atomic E-state index is 4.77. The lowest BCUT2D eigenvalue weighted by molar-refractivity contribution is 1.07. The van der Waals surface area contributed by atoms with Gasteiger partial charge < -0.3 is 0 Å². The van der Waals surface area contributed by atoms with Crippen LogP contribution in [0, 0.1) is 10.7 Å². The van der Waals surface area contributed by atoms with Crippen LogP contribution in [0.25, 0.3) is 34.2 Å². The van der Waals surface area contributed by atoms with E-state index >= 15 is 0 Å². The third-order valence-electron chi connectivity index (χ3n) is 3.88. The molecule has 3 aromatic carbocycles. The number of benzene rings is 3. The van der Waals surface area contributed by atoms with Gasteiger partial charge in [-0.1, -0.05) is 36.4 Å².